The van der Waals surface area contributed by atoms with Crippen molar-refractivity contribution in [3.05, 3.63) is 29.8 Å². The van der Waals surface area contributed by atoms with Gasteiger partial charge in [-0.15, -0.1) is 0 Å². The number of hydrogen-bond acceptors (Lipinski definition) is 4. The standard InChI is InChI=1S/C14H21NO3/c1-11(13-5-3-4-6-14(13)16-2)15-9-12-7-8-17-10-18-12/h3-6,11-12,15H,7-10H2,1-2H3/t11-,12?/m1/s1. The molecule has 0 radical (unpaired) electrons. The third-order valence-corrected chi connectivity index (χ3v) is 3.23. The van der Waals surface area contributed by atoms with Gasteiger partial charge in [0.2, 0.25) is 0 Å². The lowest BCUT2D eigenvalue weighted by atomic mass is 10.1. The summed E-state index contributed by atoms with van der Waals surface area (Å²) in [5.41, 5.74) is 1.17. The molecule has 0 spiro atoms. The Kier molecular flexibility index (Phi) is 4.99. The van der Waals surface area contributed by atoms with E-state index in [9.17, 15) is 0 Å². The van der Waals surface area contributed by atoms with E-state index in [1.165, 1.54) is 5.56 Å². The van der Waals surface area contributed by atoms with Crippen LogP contribution in [0.15, 0.2) is 24.3 Å². The third kappa shape index (κ3) is 3.45. The van der Waals surface area contributed by atoms with E-state index in [2.05, 4.69) is 18.3 Å². The number of para-hydroxylation sites is 1. The first kappa shape index (κ1) is 13.3. The van der Waals surface area contributed by atoms with Gasteiger partial charge in [0.25, 0.3) is 0 Å². The fraction of sp³-hybridized carbons (Fsp3) is 0.571. The molecule has 2 atom stereocenters. The van der Waals surface area contributed by atoms with Crippen LogP contribution in [0.4, 0.5) is 0 Å². The summed E-state index contributed by atoms with van der Waals surface area (Å²) in [5.74, 6) is 0.922. The summed E-state index contributed by atoms with van der Waals surface area (Å²) >= 11 is 0. The van der Waals surface area contributed by atoms with Crippen molar-refractivity contribution in [1.82, 2.24) is 5.32 Å². The molecule has 1 heterocycles. The fourth-order valence-corrected chi connectivity index (χ4v) is 2.10. The summed E-state index contributed by atoms with van der Waals surface area (Å²) in [6.45, 7) is 4.17. The minimum absolute atomic E-state index is 0.243. The predicted octanol–water partition coefficient (Wildman–Crippen LogP) is 2.11. The molecular weight excluding hydrogens is 230 g/mol. The number of benzene rings is 1. The topological polar surface area (TPSA) is 39.7 Å². The van der Waals surface area contributed by atoms with Crippen LogP contribution < -0.4 is 10.1 Å². The van der Waals surface area contributed by atoms with Crippen molar-refractivity contribution >= 4 is 0 Å². The molecule has 1 aliphatic heterocycles. The van der Waals surface area contributed by atoms with Crippen LogP contribution in [0.25, 0.3) is 0 Å². The summed E-state index contributed by atoms with van der Waals surface area (Å²) in [6, 6.07) is 8.32. The molecule has 1 aromatic rings. The minimum atomic E-state index is 0.243. The Balaban J connectivity index is 1.88. The van der Waals surface area contributed by atoms with E-state index in [1.54, 1.807) is 7.11 Å². The second-order valence-corrected chi connectivity index (χ2v) is 4.48. The second-order valence-electron chi connectivity index (χ2n) is 4.48. The number of methoxy groups -OCH3 is 1. The maximum Gasteiger partial charge on any atom is 0.147 e. The smallest absolute Gasteiger partial charge is 0.147 e. The van der Waals surface area contributed by atoms with E-state index < -0.39 is 0 Å². The van der Waals surface area contributed by atoms with Gasteiger partial charge in [-0.05, 0) is 19.4 Å². The monoisotopic (exact) mass is 251 g/mol. The summed E-state index contributed by atoms with van der Waals surface area (Å²) < 4.78 is 16.0. The molecule has 1 aromatic carbocycles. The van der Waals surface area contributed by atoms with Gasteiger partial charge >= 0.3 is 0 Å². The van der Waals surface area contributed by atoms with Gasteiger partial charge in [-0.1, -0.05) is 18.2 Å². The highest BCUT2D eigenvalue weighted by molar-refractivity contribution is 5.35. The zero-order chi connectivity index (χ0) is 12.8. The van der Waals surface area contributed by atoms with E-state index in [-0.39, 0.29) is 12.1 Å². The zero-order valence-electron chi connectivity index (χ0n) is 11.0. The largest absolute Gasteiger partial charge is 0.496 e. The quantitative estimate of drug-likeness (QED) is 0.870. The van der Waals surface area contributed by atoms with Crippen molar-refractivity contribution in [1.29, 1.82) is 0 Å². The van der Waals surface area contributed by atoms with Gasteiger partial charge in [-0.2, -0.15) is 0 Å². The lowest BCUT2D eigenvalue weighted by Gasteiger charge is -2.25. The lowest BCUT2D eigenvalue weighted by molar-refractivity contribution is -0.137. The third-order valence-electron chi connectivity index (χ3n) is 3.23. The van der Waals surface area contributed by atoms with Crippen LogP contribution in [-0.2, 0) is 9.47 Å². The number of nitrogens with one attached hydrogen (secondary N) is 1. The van der Waals surface area contributed by atoms with Crippen LogP contribution in [0, 0.1) is 0 Å². The molecule has 1 saturated heterocycles. The first-order valence-electron chi connectivity index (χ1n) is 6.37. The molecule has 0 saturated carbocycles. The molecule has 0 aromatic heterocycles. The summed E-state index contributed by atoms with van der Waals surface area (Å²) in [5, 5.41) is 3.48. The number of rotatable bonds is 5. The van der Waals surface area contributed by atoms with Gasteiger partial charge in [0.15, 0.2) is 0 Å². The normalized spacial score (nSPS) is 21.6. The van der Waals surface area contributed by atoms with Crippen LogP contribution >= 0.6 is 0 Å². The molecule has 4 heteroatoms. The lowest BCUT2D eigenvalue weighted by Crippen LogP contribution is -2.35. The highest BCUT2D eigenvalue weighted by Gasteiger charge is 2.16. The first-order valence-corrected chi connectivity index (χ1v) is 6.37. The molecule has 0 bridgehead atoms. The summed E-state index contributed by atoms with van der Waals surface area (Å²) in [7, 11) is 1.70. The number of ether oxygens (including phenoxy) is 3. The van der Waals surface area contributed by atoms with Gasteiger partial charge in [0, 0.05) is 18.2 Å². The Labute approximate surface area is 108 Å². The average molecular weight is 251 g/mol. The highest BCUT2D eigenvalue weighted by Crippen LogP contribution is 2.24. The van der Waals surface area contributed by atoms with Crippen molar-refractivity contribution in [2.75, 3.05) is 27.1 Å². The maximum atomic E-state index is 5.50. The average Bonchev–Trinajstić information content (AvgIpc) is 2.45. The SMILES string of the molecule is COc1ccccc1[C@@H](C)NCC1CCOCO1. The van der Waals surface area contributed by atoms with E-state index in [4.69, 9.17) is 14.2 Å². The highest BCUT2D eigenvalue weighted by atomic mass is 16.7. The second kappa shape index (κ2) is 6.73. The Bertz CT molecular complexity index is 364. The van der Waals surface area contributed by atoms with Crippen molar-refractivity contribution in [2.45, 2.75) is 25.5 Å². The zero-order valence-corrected chi connectivity index (χ0v) is 11.0. The van der Waals surface area contributed by atoms with Gasteiger partial charge in [0.05, 0.1) is 19.8 Å². The molecule has 100 valence electrons. The van der Waals surface area contributed by atoms with Gasteiger partial charge in [-0.25, -0.2) is 0 Å². The Hall–Kier alpha value is -1.10. The first-order chi connectivity index (χ1) is 8.81. The Morgan fingerprint density at radius 2 is 2.28 bits per heavy atom. The van der Waals surface area contributed by atoms with E-state index >= 15 is 0 Å². The molecule has 1 N–H and O–H groups in total. The van der Waals surface area contributed by atoms with Gasteiger partial charge in [-0.3, -0.25) is 0 Å². The molecule has 1 aliphatic rings. The van der Waals surface area contributed by atoms with Crippen molar-refractivity contribution in [3.8, 4) is 5.75 Å². The van der Waals surface area contributed by atoms with Crippen LogP contribution in [0.1, 0.15) is 24.9 Å². The molecule has 4 nitrogen and oxygen atoms in total. The van der Waals surface area contributed by atoms with Gasteiger partial charge < -0.3 is 19.5 Å². The summed E-state index contributed by atoms with van der Waals surface area (Å²) in [6.07, 6.45) is 1.20. The predicted molar refractivity (Wildman–Crippen MR) is 69.7 cm³/mol. The minimum Gasteiger partial charge on any atom is -0.496 e. The molecule has 0 amide bonds. The Morgan fingerprint density at radius 1 is 1.44 bits per heavy atom. The molecule has 1 unspecified atom stereocenters. The van der Waals surface area contributed by atoms with E-state index in [0.29, 0.717) is 6.79 Å². The van der Waals surface area contributed by atoms with E-state index in [0.717, 1.165) is 25.3 Å². The number of hydrogen-bond donors (Lipinski definition) is 1. The molecule has 0 aliphatic carbocycles. The molecule has 18 heavy (non-hydrogen) atoms. The molecular formula is C14H21NO3. The maximum absolute atomic E-state index is 5.50. The van der Waals surface area contributed by atoms with Gasteiger partial charge in [0.1, 0.15) is 12.5 Å². The van der Waals surface area contributed by atoms with Crippen LogP contribution in [-0.4, -0.2) is 33.2 Å². The van der Waals surface area contributed by atoms with E-state index in [1.807, 2.05) is 18.2 Å². The van der Waals surface area contributed by atoms with Crippen molar-refractivity contribution in [3.63, 3.8) is 0 Å². The van der Waals surface area contributed by atoms with Crippen molar-refractivity contribution in [2.24, 2.45) is 0 Å². The van der Waals surface area contributed by atoms with Crippen molar-refractivity contribution < 1.29 is 14.2 Å². The fourth-order valence-electron chi connectivity index (χ4n) is 2.10. The van der Waals surface area contributed by atoms with Crippen LogP contribution in [0.5, 0.6) is 5.75 Å². The van der Waals surface area contributed by atoms with Crippen LogP contribution in [0.3, 0.4) is 0 Å². The van der Waals surface area contributed by atoms with Crippen LogP contribution in [0.2, 0.25) is 0 Å². The molecule has 2 rings (SSSR count). The Morgan fingerprint density at radius 3 is 3.00 bits per heavy atom. The molecule has 1 fully saturated rings. The summed E-state index contributed by atoms with van der Waals surface area (Å²) in [4.78, 5) is 0.